The molecule has 1 saturated carbocycles. The Morgan fingerprint density at radius 2 is 1.60 bits per heavy atom. The van der Waals surface area contributed by atoms with E-state index in [2.05, 4.69) is 21.2 Å². The van der Waals surface area contributed by atoms with Crippen LogP contribution in [0.1, 0.15) is 60.0 Å². The predicted molar refractivity (Wildman–Crippen MR) is 174 cm³/mol. The Bertz CT molecular complexity index is 1610. The molecule has 0 saturated heterocycles. The Labute approximate surface area is 261 Å². The van der Waals surface area contributed by atoms with E-state index in [4.69, 9.17) is 0 Å². The Balaban J connectivity index is 1.23. The quantitative estimate of drug-likeness (QED) is 0.192. The normalized spacial score (nSPS) is 15.2. The van der Waals surface area contributed by atoms with Gasteiger partial charge in [-0.3, -0.25) is 14.4 Å². The van der Waals surface area contributed by atoms with Gasteiger partial charge in [-0.2, -0.15) is 0 Å². The van der Waals surface area contributed by atoms with Crippen LogP contribution in [-0.2, 0) is 22.6 Å². The minimum absolute atomic E-state index is 0.0242. The Morgan fingerprint density at radius 3 is 2.35 bits per heavy atom. The summed E-state index contributed by atoms with van der Waals surface area (Å²) in [5, 5.41) is 5.28. The first kappa shape index (κ1) is 29.1. The van der Waals surface area contributed by atoms with Gasteiger partial charge in [0.05, 0.1) is 5.69 Å². The number of nitrogens with one attached hydrogen (secondary N) is 1. The number of nitrogens with zero attached hydrogens (tertiary/aromatic N) is 2. The van der Waals surface area contributed by atoms with Crippen molar-refractivity contribution in [3.63, 3.8) is 0 Å². The zero-order valence-corrected chi connectivity index (χ0v) is 25.8. The molecule has 6 nitrogen and oxygen atoms in total. The number of carbonyl (C=O) groups is 3. The van der Waals surface area contributed by atoms with Gasteiger partial charge in [0, 0.05) is 47.4 Å². The molecule has 4 aromatic carbocycles. The highest BCUT2D eigenvalue weighted by Gasteiger charge is 2.33. The van der Waals surface area contributed by atoms with E-state index in [0.717, 1.165) is 57.7 Å². The largest absolute Gasteiger partial charge is 0.352 e. The fourth-order valence-corrected chi connectivity index (χ4v) is 6.71. The predicted octanol–water partition coefficient (Wildman–Crippen LogP) is 7.04. The molecule has 1 unspecified atom stereocenters. The lowest BCUT2D eigenvalue weighted by Crippen LogP contribution is -2.52. The van der Waals surface area contributed by atoms with Crippen LogP contribution >= 0.6 is 15.9 Å². The van der Waals surface area contributed by atoms with E-state index in [-0.39, 0.29) is 30.2 Å². The smallest absolute Gasteiger partial charge is 0.258 e. The molecule has 6 rings (SSSR count). The van der Waals surface area contributed by atoms with Crippen LogP contribution in [-0.4, -0.2) is 41.2 Å². The fraction of sp³-hybridized carbons (Fsp3) is 0.306. The second-order valence-corrected chi connectivity index (χ2v) is 12.5. The summed E-state index contributed by atoms with van der Waals surface area (Å²) < 4.78 is 0.959. The van der Waals surface area contributed by atoms with E-state index < -0.39 is 6.04 Å². The number of benzene rings is 4. The minimum Gasteiger partial charge on any atom is -0.352 e. The maximum Gasteiger partial charge on any atom is 0.258 e. The lowest BCUT2D eigenvalue weighted by Gasteiger charge is -2.32. The first-order valence-corrected chi connectivity index (χ1v) is 16.0. The molecule has 0 radical (unpaired) electrons. The monoisotopic (exact) mass is 637 g/mol. The molecule has 1 aliphatic carbocycles. The van der Waals surface area contributed by atoms with Crippen molar-refractivity contribution in [1.82, 2.24) is 10.2 Å². The molecule has 1 fully saturated rings. The zero-order valence-electron chi connectivity index (χ0n) is 24.2. The van der Waals surface area contributed by atoms with Crippen LogP contribution in [0.15, 0.2) is 95.5 Å². The SMILES string of the molecule is O=C(NC1CCCC1)C(Cc1ccccc1)N(Cc1ccc(Br)cc1)C(=O)CCCN1C(=O)c2cccc3cccc1c23. The van der Waals surface area contributed by atoms with E-state index in [1.54, 1.807) is 9.80 Å². The Hall–Kier alpha value is -3.97. The third-order valence-corrected chi connectivity index (χ3v) is 9.19. The van der Waals surface area contributed by atoms with Crippen molar-refractivity contribution < 1.29 is 14.4 Å². The maximum atomic E-state index is 14.1. The van der Waals surface area contributed by atoms with Gasteiger partial charge < -0.3 is 15.1 Å². The first-order chi connectivity index (χ1) is 21.0. The van der Waals surface area contributed by atoms with E-state index in [1.165, 1.54) is 0 Å². The highest BCUT2D eigenvalue weighted by molar-refractivity contribution is 9.10. The summed E-state index contributed by atoms with van der Waals surface area (Å²) in [7, 11) is 0. The average Bonchev–Trinajstić information content (AvgIpc) is 3.63. The molecule has 2 aliphatic rings. The van der Waals surface area contributed by atoms with Crippen LogP contribution in [0, 0.1) is 0 Å². The average molecular weight is 639 g/mol. The lowest BCUT2D eigenvalue weighted by molar-refractivity contribution is -0.141. The lowest BCUT2D eigenvalue weighted by atomic mass is 10.0. The van der Waals surface area contributed by atoms with Crippen LogP contribution in [0.3, 0.4) is 0 Å². The Kier molecular flexibility index (Phi) is 8.89. The second kappa shape index (κ2) is 13.1. The molecule has 3 amide bonds. The van der Waals surface area contributed by atoms with Crippen molar-refractivity contribution in [2.45, 2.75) is 63.6 Å². The summed E-state index contributed by atoms with van der Waals surface area (Å²) in [4.78, 5) is 44.8. The maximum absolute atomic E-state index is 14.1. The molecule has 0 spiro atoms. The number of amides is 3. The van der Waals surface area contributed by atoms with Gasteiger partial charge in [0.15, 0.2) is 0 Å². The van der Waals surface area contributed by atoms with Crippen molar-refractivity contribution in [2.24, 2.45) is 0 Å². The van der Waals surface area contributed by atoms with Gasteiger partial charge in [-0.25, -0.2) is 0 Å². The molecule has 0 aromatic heterocycles. The summed E-state index contributed by atoms with van der Waals surface area (Å²) in [5.74, 6) is -0.213. The van der Waals surface area contributed by atoms with Gasteiger partial charge in [-0.05, 0) is 60.0 Å². The molecule has 7 heteroatoms. The molecule has 1 atom stereocenters. The van der Waals surface area contributed by atoms with Crippen LogP contribution in [0.4, 0.5) is 5.69 Å². The number of carbonyl (C=O) groups excluding carboxylic acids is 3. The van der Waals surface area contributed by atoms with Gasteiger partial charge in [0.2, 0.25) is 11.8 Å². The molecule has 1 heterocycles. The van der Waals surface area contributed by atoms with Gasteiger partial charge in [-0.1, -0.05) is 95.5 Å². The zero-order chi connectivity index (χ0) is 29.8. The topological polar surface area (TPSA) is 69.7 Å². The van der Waals surface area contributed by atoms with Crippen molar-refractivity contribution in [1.29, 1.82) is 0 Å². The highest BCUT2D eigenvalue weighted by atomic mass is 79.9. The Morgan fingerprint density at radius 1 is 0.884 bits per heavy atom. The molecule has 1 N–H and O–H groups in total. The highest BCUT2D eigenvalue weighted by Crippen LogP contribution is 2.37. The molecule has 220 valence electrons. The summed E-state index contributed by atoms with van der Waals surface area (Å²) in [5.41, 5.74) is 3.58. The van der Waals surface area contributed by atoms with Crippen LogP contribution in [0.25, 0.3) is 10.8 Å². The van der Waals surface area contributed by atoms with E-state index in [0.29, 0.717) is 31.5 Å². The van der Waals surface area contributed by atoms with Crippen molar-refractivity contribution in [3.8, 4) is 0 Å². The molecular weight excluding hydrogens is 602 g/mol. The number of anilines is 1. The van der Waals surface area contributed by atoms with Crippen molar-refractivity contribution in [3.05, 3.63) is 112 Å². The summed E-state index contributed by atoms with van der Waals surface area (Å²) >= 11 is 3.50. The first-order valence-electron chi connectivity index (χ1n) is 15.2. The summed E-state index contributed by atoms with van der Waals surface area (Å²) in [6, 6.07) is 29.1. The molecule has 1 aliphatic heterocycles. The number of hydrogen-bond donors (Lipinski definition) is 1. The molecule has 43 heavy (non-hydrogen) atoms. The van der Waals surface area contributed by atoms with Gasteiger partial charge in [0.25, 0.3) is 5.91 Å². The molecular formula is C36H36BrN3O3. The van der Waals surface area contributed by atoms with Gasteiger partial charge in [-0.15, -0.1) is 0 Å². The van der Waals surface area contributed by atoms with Crippen LogP contribution < -0.4 is 10.2 Å². The van der Waals surface area contributed by atoms with Crippen molar-refractivity contribution >= 4 is 50.1 Å². The van der Waals surface area contributed by atoms with Crippen LogP contribution in [0.2, 0.25) is 0 Å². The number of hydrogen-bond acceptors (Lipinski definition) is 3. The standard InChI is InChI=1S/C36H36BrN3O3/c37-28-20-18-26(19-21-28)24-40(32(23-25-9-2-1-3-10-25)35(42)38-29-13-4-5-14-29)33(41)17-8-22-39-31-16-7-12-27-11-6-15-30(34(27)31)36(39)43/h1-3,6-7,9-12,15-16,18-21,29,32H,4-5,8,13-14,17,22-24H2,(H,38,42). The fourth-order valence-electron chi connectivity index (χ4n) is 6.44. The van der Waals surface area contributed by atoms with E-state index >= 15 is 0 Å². The summed E-state index contributed by atoms with van der Waals surface area (Å²) in [6.45, 7) is 0.761. The third kappa shape index (κ3) is 6.52. The van der Waals surface area contributed by atoms with Gasteiger partial charge >= 0.3 is 0 Å². The summed E-state index contributed by atoms with van der Waals surface area (Å²) in [6.07, 6.45) is 5.34. The number of rotatable bonds is 11. The minimum atomic E-state index is -0.648. The van der Waals surface area contributed by atoms with E-state index in [1.807, 2.05) is 91.0 Å². The molecule has 0 bridgehead atoms. The second-order valence-electron chi connectivity index (χ2n) is 11.6. The molecule has 4 aromatic rings. The van der Waals surface area contributed by atoms with E-state index in [9.17, 15) is 14.4 Å². The van der Waals surface area contributed by atoms with Gasteiger partial charge in [0.1, 0.15) is 6.04 Å². The number of halogens is 1. The van der Waals surface area contributed by atoms with Crippen molar-refractivity contribution in [2.75, 3.05) is 11.4 Å². The van der Waals surface area contributed by atoms with Crippen LogP contribution in [0.5, 0.6) is 0 Å². The third-order valence-electron chi connectivity index (χ3n) is 8.66.